The molecule has 1 aromatic carbocycles. The molecule has 0 fully saturated rings. The lowest BCUT2D eigenvalue weighted by Gasteiger charge is -2.15. The second-order valence-corrected chi connectivity index (χ2v) is 10.5. The standard InChI is InChI=1S/C22H27FN2O4S/c1-12-18(22(2,3)27)11-20(29-12)30(24,28)25-19(26)10-17-13-6-4-8-15(13)21(23)16-9-5-7-14(16)17/h11,27H,4-10H2,1-3H3,(H2,24,25,26,28). The summed E-state index contributed by atoms with van der Waals surface area (Å²) >= 11 is 0. The summed E-state index contributed by atoms with van der Waals surface area (Å²) in [4.78, 5) is 12.8. The van der Waals surface area contributed by atoms with Crippen LogP contribution in [0.15, 0.2) is 19.9 Å². The van der Waals surface area contributed by atoms with E-state index in [1.54, 1.807) is 20.8 Å². The molecule has 2 aliphatic carbocycles. The van der Waals surface area contributed by atoms with Crippen LogP contribution < -0.4 is 5.14 Å². The van der Waals surface area contributed by atoms with E-state index in [0.29, 0.717) is 24.2 Å². The van der Waals surface area contributed by atoms with Crippen molar-refractivity contribution < 1.29 is 22.9 Å². The van der Waals surface area contributed by atoms with E-state index >= 15 is 0 Å². The molecule has 6 nitrogen and oxygen atoms in total. The maximum absolute atomic E-state index is 14.8. The molecule has 3 N–H and O–H groups in total. The number of amides is 1. The largest absolute Gasteiger partial charge is 0.450 e. The summed E-state index contributed by atoms with van der Waals surface area (Å²) in [5.74, 6) is -0.348. The molecule has 0 saturated heterocycles. The van der Waals surface area contributed by atoms with Crippen LogP contribution in [0.3, 0.4) is 0 Å². The first kappa shape index (κ1) is 21.2. The summed E-state index contributed by atoms with van der Waals surface area (Å²) in [6.45, 7) is 4.77. The summed E-state index contributed by atoms with van der Waals surface area (Å²) in [5.41, 5.74) is 3.35. The zero-order chi connectivity index (χ0) is 21.8. The van der Waals surface area contributed by atoms with E-state index in [0.717, 1.165) is 53.5 Å². The molecule has 30 heavy (non-hydrogen) atoms. The van der Waals surface area contributed by atoms with E-state index in [9.17, 15) is 18.5 Å². The van der Waals surface area contributed by atoms with Gasteiger partial charge >= 0.3 is 0 Å². The van der Waals surface area contributed by atoms with Gasteiger partial charge in [0.25, 0.3) is 5.91 Å². The van der Waals surface area contributed by atoms with Crippen LogP contribution in [0.5, 0.6) is 0 Å². The van der Waals surface area contributed by atoms with Crippen molar-refractivity contribution in [1.82, 2.24) is 0 Å². The van der Waals surface area contributed by atoms with E-state index < -0.39 is 21.4 Å². The van der Waals surface area contributed by atoms with Crippen molar-refractivity contribution in [1.29, 1.82) is 0 Å². The number of aryl methyl sites for hydroxylation is 1. The summed E-state index contributed by atoms with van der Waals surface area (Å²) in [6, 6.07) is 1.39. The van der Waals surface area contributed by atoms with Gasteiger partial charge in [-0.1, -0.05) is 0 Å². The van der Waals surface area contributed by atoms with Crippen molar-refractivity contribution in [3.63, 3.8) is 0 Å². The fourth-order valence-electron chi connectivity index (χ4n) is 4.80. The number of halogens is 1. The SMILES string of the molecule is Cc1oc(S(N)(=O)=NC(=O)Cc2c3c(c(F)c4c2CCC4)CCC3)cc1C(C)(C)O. The maximum Gasteiger partial charge on any atom is 0.259 e. The number of hydrogen-bond acceptors (Lipinski definition) is 4. The van der Waals surface area contributed by atoms with Crippen molar-refractivity contribution in [2.75, 3.05) is 0 Å². The predicted octanol–water partition coefficient (Wildman–Crippen LogP) is 3.40. The van der Waals surface area contributed by atoms with Crippen LogP contribution in [0, 0.1) is 12.7 Å². The number of aliphatic hydroxyl groups is 1. The van der Waals surface area contributed by atoms with Crippen LogP contribution in [0.4, 0.5) is 4.39 Å². The van der Waals surface area contributed by atoms with Crippen molar-refractivity contribution >= 4 is 15.8 Å². The van der Waals surface area contributed by atoms with E-state index in [1.807, 2.05) is 0 Å². The second-order valence-electron chi connectivity index (χ2n) is 8.74. The van der Waals surface area contributed by atoms with Crippen molar-refractivity contribution in [3.8, 4) is 0 Å². The van der Waals surface area contributed by atoms with Crippen LogP contribution in [0.2, 0.25) is 0 Å². The van der Waals surface area contributed by atoms with Gasteiger partial charge in [0.15, 0.2) is 9.92 Å². The smallest absolute Gasteiger partial charge is 0.259 e. The molecular formula is C22H27FN2O4S. The Hall–Kier alpha value is -2.03. The molecule has 2 aliphatic rings. The number of furan rings is 1. The Morgan fingerprint density at radius 3 is 2.23 bits per heavy atom. The fraction of sp³-hybridized carbons (Fsp3) is 0.500. The molecule has 0 saturated carbocycles. The molecule has 1 aromatic heterocycles. The van der Waals surface area contributed by atoms with Crippen LogP contribution in [0.25, 0.3) is 0 Å². The highest BCUT2D eigenvalue weighted by Crippen LogP contribution is 2.38. The minimum Gasteiger partial charge on any atom is -0.450 e. The number of carbonyl (C=O) groups is 1. The van der Waals surface area contributed by atoms with Crippen molar-refractivity contribution in [2.24, 2.45) is 9.50 Å². The Balaban J connectivity index is 1.69. The van der Waals surface area contributed by atoms with Crippen molar-refractivity contribution in [2.45, 2.75) is 76.4 Å². The minimum atomic E-state index is -3.60. The molecule has 1 atom stereocenters. The monoisotopic (exact) mass is 434 g/mol. The molecule has 0 bridgehead atoms. The average Bonchev–Trinajstić information content (AvgIpc) is 3.36. The number of carbonyl (C=O) groups excluding carboxylic acids is 1. The van der Waals surface area contributed by atoms with Gasteiger partial charge in [-0.05, 0) is 87.1 Å². The van der Waals surface area contributed by atoms with E-state index in [2.05, 4.69) is 4.36 Å². The van der Waals surface area contributed by atoms with Crippen molar-refractivity contribution in [3.05, 3.63) is 51.0 Å². The molecule has 1 heterocycles. The van der Waals surface area contributed by atoms with Gasteiger partial charge in [0.1, 0.15) is 11.6 Å². The third-order valence-electron chi connectivity index (χ3n) is 6.10. The molecule has 0 radical (unpaired) electrons. The second kappa shape index (κ2) is 7.28. The lowest BCUT2D eigenvalue weighted by atomic mass is 9.91. The number of nitrogens with two attached hydrogens (primary N) is 1. The third kappa shape index (κ3) is 3.61. The van der Waals surface area contributed by atoms with Crippen LogP contribution in [0.1, 0.15) is 65.8 Å². The maximum atomic E-state index is 14.8. The lowest BCUT2D eigenvalue weighted by Crippen LogP contribution is -2.17. The minimum absolute atomic E-state index is 0.0445. The van der Waals surface area contributed by atoms with Gasteiger partial charge < -0.3 is 9.52 Å². The Labute approximate surface area is 176 Å². The normalized spacial score (nSPS) is 17.5. The van der Waals surface area contributed by atoms with E-state index in [-0.39, 0.29) is 17.3 Å². The molecule has 1 amide bonds. The molecule has 2 aromatic rings. The van der Waals surface area contributed by atoms with Gasteiger partial charge in [-0.2, -0.15) is 0 Å². The van der Waals surface area contributed by atoms with Gasteiger partial charge in [0.2, 0.25) is 5.09 Å². The average molecular weight is 435 g/mol. The number of rotatable bonds is 4. The molecule has 4 rings (SSSR count). The number of hydrogen-bond donors (Lipinski definition) is 2. The van der Waals surface area contributed by atoms with Gasteiger partial charge in [0.05, 0.1) is 12.0 Å². The van der Waals surface area contributed by atoms with E-state index in [4.69, 9.17) is 9.56 Å². The van der Waals surface area contributed by atoms with Crippen LogP contribution >= 0.6 is 0 Å². The Kier molecular flexibility index (Phi) is 5.15. The Morgan fingerprint density at radius 1 is 1.20 bits per heavy atom. The fourth-order valence-corrected chi connectivity index (χ4v) is 5.79. The molecule has 1 unspecified atom stereocenters. The summed E-state index contributed by atoms with van der Waals surface area (Å²) in [5, 5.41) is 15.9. The third-order valence-corrected chi connectivity index (χ3v) is 7.35. The zero-order valence-corrected chi connectivity index (χ0v) is 18.3. The number of nitrogens with zero attached hydrogens (tertiary/aromatic N) is 1. The molecule has 162 valence electrons. The highest BCUT2D eigenvalue weighted by atomic mass is 32.2. The summed E-state index contributed by atoms with van der Waals surface area (Å²) in [6.07, 6.45) is 4.55. The molecule has 8 heteroatoms. The van der Waals surface area contributed by atoms with Gasteiger partial charge in [0, 0.05) is 11.6 Å². The summed E-state index contributed by atoms with van der Waals surface area (Å²) < 4.78 is 37.0. The molecule has 0 aliphatic heterocycles. The predicted molar refractivity (Wildman–Crippen MR) is 111 cm³/mol. The van der Waals surface area contributed by atoms with Gasteiger partial charge in [-0.15, -0.1) is 4.36 Å². The quantitative estimate of drug-likeness (QED) is 0.769. The van der Waals surface area contributed by atoms with Crippen LogP contribution in [-0.2, 0) is 52.4 Å². The number of fused-ring (bicyclic) bond motifs is 2. The Bertz CT molecular complexity index is 1130. The highest BCUT2D eigenvalue weighted by molar-refractivity contribution is 7.91. The zero-order valence-electron chi connectivity index (χ0n) is 17.5. The van der Waals surface area contributed by atoms with Crippen LogP contribution in [-0.4, -0.2) is 15.2 Å². The lowest BCUT2D eigenvalue weighted by molar-refractivity contribution is -0.117. The summed E-state index contributed by atoms with van der Waals surface area (Å²) in [7, 11) is -3.60. The van der Waals surface area contributed by atoms with Gasteiger partial charge in [-0.25, -0.2) is 13.7 Å². The first-order valence-corrected chi connectivity index (χ1v) is 11.8. The Morgan fingerprint density at radius 2 is 1.73 bits per heavy atom. The molecule has 0 spiro atoms. The number of benzene rings is 1. The molecular weight excluding hydrogens is 407 g/mol. The first-order valence-electron chi connectivity index (χ1n) is 10.2. The first-order chi connectivity index (χ1) is 14.0. The van der Waals surface area contributed by atoms with Gasteiger partial charge in [-0.3, -0.25) is 4.79 Å². The topological polar surface area (TPSA) is 106 Å². The van der Waals surface area contributed by atoms with E-state index in [1.165, 1.54) is 6.07 Å². The highest BCUT2D eigenvalue weighted by Gasteiger charge is 2.30.